The molecule has 0 aliphatic carbocycles. The first-order valence-corrected chi connectivity index (χ1v) is 11.6. The summed E-state index contributed by atoms with van der Waals surface area (Å²) in [4.78, 5) is 35.6. The lowest BCUT2D eigenvalue weighted by molar-refractivity contribution is 0.0988. The highest BCUT2D eigenvalue weighted by Crippen LogP contribution is 2.35. The number of nitrogens with zero attached hydrogens (tertiary/aromatic N) is 3. The normalized spacial score (nSPS) is 10.5. The Hall–Kier alpha value is -5.68. The van der Waals surface area contributed by atoms with Gasteiger partial charge < -0.3 is 16.8 Å². The van der Waals surface area contributed by atoms with E-state index in [0.717, 1.165) is 16.6 Å². The number of fused-ring (bicyclic) bond motifs is 1. The Labute approximate surface area is 218 Å². The van der Waals surface area contributed by atoms with E-state index in [1.807, 2.05) is 30.3 Å². The number of nitrogens with one attached hydrogen (secondary N) is 1. The third-order valence-electron chi connectivity index (χ3n) is 5.97. The molecule has 5 N–H and O–H groups in total. The molecule has 5 aromatic rings. The second-order valence-electron chi connectivity index (χ2n) is 8.41. The van der Waals surface area contributed by atoms with Gasteiger partial charge in [-0.3, -0.25) is 14.5 Å². The topological polar surface area (TPSA) is 127 Å². The molecule has 0 aliphatic rings. The fourth-order valence-corrected chi connectivity index (χ4v) is 4.07. The molecule has 38 heavy (non-hydrogen) atoms. The summed E-state index contributed by atoms with van der Waals surface area (Å²) >= 11 is 0. The molecular weight excluding hydrogens is 476 g/mol. The van der Waals surface area contributed by atoms with Crippen LogP contribution in [-0.2, 0) is 0 Å². The molecule has 0 aliphatic heterocycles. The lowest BCUT2D eigenvalue weighted by atomic mass is 10.1. The quantitative estimate of drug-likeness (QED) is 0.223. The number of amides is 2. The highest BCUT2D eigenvalue weighted by atomic mass is 16.2. The summed E-state index contributed by atoms with van der Waals surface area (Å²) in [5.74, 6) is 2.30. The van der Waals surface area contributed by atoms with Crippen molar-refractivity contribution in [3.05, 3.63) is 114 Å². The summed E-state index contributed by atoms with van der Waals surface area (Å²) in [5, 5.41) is 4.04. The van der Waals surface area contributed by atoms with E-state index >= 15 is 0 Å². The molecule has 4 aromatic carbocycles. The van der Waals surface area contributed by atoms with Gasteiger partial charge in [0.2, 0.25) is 5.91 Å². The fourth-order valence-electron chi connectivity index (χ4n) is 4.07. The number of carbonyl (C=O) groups is 2. The molecule has 0 saturated carbocycles. The van der Waals surface area contributed by atoms with E-state index in [2.05, 4.69) is 21.2 Å². The van der Waals surface area contributed by atoms with Crippen molar-refractivity contribution in [3.63, 3.8) is 0 Å². The van der Waals surface area contributed by atoms with Gasteiger partial charge in [0, 0.05) is 27.8 Å². The molecule has 8 nitrogen and oxygen atoms in total. The molecule has 1 aromatic heterocycles. The third-order valence-corrected chi connectivity index (χ3v) is 5.97. The molecule has 0 atom stereocenters. The lowest BCUT2D eigenvalue weighted by Gasteiger charge is -2.25. The summed E-state index contributed by atoms with van der Waals surface area (Å²) in [6, 6.07) is 26.1. The molecule has 5 rings (SSSR count). The zero-order valence-electron chi connectivity index (χ0n) is 20.1. The van der Waals surface area contributed by atoms with Crippen molar-refractivity contribution < 1.29 is 9.59 Å². The van der Waals surface area contributed by atoms with Gasteiger partial charge >= 0.3 is 0 Å². The van der Waals surface area contributed by atoms with Crippen LogP contribution in [0.1, 0.15) is 26.3 Å². The number of para-hydroxylation sites is 2. The van der Waals surface area contributed by atoms with Gasteiger partial charge in [-0.05, 0) is 72.8 Å². The van der Waals surface area contributed by atoms with E-state index in [4.69, 9.17) is 17.9 Å². The number of terminal acetylenes is 1. The number of carbonyl (C=O) groups excluding carboxylic acids is 2. The van der Waals surface area contributed by atoms with Gasteiger partial charge in [-0.1, -0.05) is 24.1 Å². The van der Waals surface area contributed by atoms with Gasteiger partial charge in [0.15, 0.2) is 0 Å². The van der Waals surface area contributed by atoms with Crippen molar-refractivity contribution >= 4 is 51.3 Å². The Morgan fingerprint density at radius 2 is 1.63 bits per heavy atom. The van der Waals surface area contributed by atoms with E-state index in [1.54, 1.807) is 48.5 Å². The maximum atomic E-state index is 13.8. The number of nitrogen functional groups attached to an aromatic ring is 1. The van der Waals surface area contributed by atoms with Crippen LogP contribution in [0.3, 0.4) is 0 Å². The first kappa shape index (κ1) is 24.0. The van der Waals surface area contributed by atoms with Crippen LogP contribution in [0.25, 0.3) is 10.9 Å². The third kappa shape index (κ3) is 4.72. The second-order valence-corrected chi connectivity index (χ2v) is 8.41. The first-order chi connectivity index (χ1) is 18.4. The van der Waals surface area contributed by atoms with Crippen LogP contribution < -0.4 is 21.7 Å². The van der Waals surface area contributed by atoms with Crippen LogP contribution in [-0.4, -0.2) is 21.8 Å². The Morgan fingerprint density at radius 1 is 0.868 bits per heavy atom. The Morgan fingerprint density at radius 3 is 2.37 bits per heavy atom. The summed E-state index contributed by atoms with van der Waals surface area (Å²) < 4.78 is 0. The average molecular weight is 499 g/mol. The number of rotatable bonds is 6. The van der Waals surface area contributed by atoms with E-state index in [-0.39, 0.29) is 5.91 Å². The minimum Gasteiger partial charge on any atom is -0.397 e. The van der Waals surface area contributed by atoms with Crippen LogP contribution in [0.5, 0.6) is 0 Å². The van der Waals surface area contributed by atoms with E-state index in [0.29, 0.717) is 39.5 Å². The van der Waals surface area contributed by atoms with Crippen molar-refractivity contribution in [2.24, 2.45) is 5.73 Å². The monoisotopic (exact) mass is 498 g/mol. The summed E-state index contributed by atoms with van der Waals surface area (Å²) in [5.41, 5.74) is 15.9. The highest BCUT2D eigenvalue weighted by molar-refractivity contribution is 6.13. The van der Waals surface area contributed by atoms with E-state index in [9.17, 15) is 9.59 Å². The maximum absolute atomic E-state index is 13.8. The standard InChI is InChI=1S/C30H22N6O2/c1-2-19-6-5-7-22(16-19)35-29-24-15-14-23(17-26(24)33-18-34-29)36(27-9-4-3-8-25(27)31)30(38)21-12-10-20(11-13-21)28(32)37/h1,3-18H,31H2,(H2,32,37)(H,33,34,35). The van der Waals surface area contributed by atoms with Crippen LogP contribution in [0, 0.1) is 12.3 Å². The molecule has 184 valence electrons. The van der Waals surface area contributed by atoms with Crippen LogP contribution in [0.15, 0.2) is 97.3 Å². The molecule has 2 amide bonds. The number of primary amides is 1. The van der Waals surface area contributed by atoms with Crippen LogP contribution in [0.4, 0.5) is 28.6 Å². The molecule has 1 heterocycles. The van der Waals surface area contributed by atoms with Gasteiger partial charge in [0.25, 0.3) is 5.91 Å². The number of nitrogens with two attached hydrogens (primary N) is 2. The van der Waals surface area contributed by atoms with Gasteiger partial charge in [0.05, 0.1) is 22.6 Å². The van der Waals surface area contributed by atoms with Crippen molar-refractivity contribution in [3.8, 4) is 12.3 Å². The number of hydrogen-bond acceptors (Lipinski definition) is 6. The minimum atomic E-state index is -0.571. The zero-order valence-corrected chi connectivity index (χ0v) is 20.1. The second kappa shape index (κ2) is 10.1. The van der Waals surface area contributed by atoms with Gasteiger partial charge in [-0.15, -0.1) is 6.42 Å². The highest BCUT2D eigenvalue weighted by Gasteiger charge is 2.23. The largest absolute Gasteiger partial charge is 0.397 e. The number of benzene rings is 4. The molecule has 0 saturated heterocycles. The fraction of sp³-hybridized carbons (Fsp3) is 0. The molecule has 0 bridgehead atoms. The first-order valence-electron chi connectivity index (χ1n) is 11.6. The number of hydrogen-bond donors (Lipinski definition) is 3. The lowest BCUT2D eigenvalue weighted by Crippen LogP contribution is -2.27. The van der Waals surface area contributed by atoms with Crippen molar-refractivity contribution in [1.29, 1.82) is 0 Å². The molecule has 0 spiro atoms. The van der Waals surface area contributed by atoms with Gasteiger partial charge in [-0.25, -0.2) is 9.97 Å². The Kier molecular flexibility index (Phi) is 6.41. The smallest absolute Gasteiger partial charge is 0.262 e. The molecule has 0 fully saturated rings. The number of anilines is 5. The van der Waals surface area contributed by atoms with Crippen LogP contribution in [0.2, 0.25) is 0 Å². The summed E-state index contributed by atoms with van der Waals surface area (Å²) in [7, 11) is 0. The predicted octanol–water partition coefficient (Wildman–Crippen LogP) is 5.01. The minimum absolute atomic E-state index is 0.308. The average Bonchev–Trinajstić information content (AvgIpc) is 2.94. The van der Waals surface area contributed by atoms with E-state index < -0.39 is 5.91 Å². The van der Waals surface area contributed by atoms with E-state index in [1.165, 1.54) is 23.4 Å². The SMILES string of the molecule is C#Cc1cccc(Nc2ncnc3cc(N(C(=O)c4ccc(C(N)=O)cc4)c4ccccc4N)ccc23)c1. The zero-order chi connectivity index (χ0) is 26.6. The number of aromatic nitrogens is 2. The molecular formula is C30H22N6O2. The summed E-state index contributed by atoms with van der Waals surface area (Å²) in [6.45, 7) is 0. The maximum Gasteiger partial charge on any atom is 0.262 e. The van der Waals surface area contributed by atoms with Gasteiger partial charge in [0.1, 0.15) is 12.1 Å². The van der Waals surface area contributed by atoms with Crippen molar-refractivity contribution in [1.82, 2.24) is 9.97 Å². The van der Waals surface area contributed by atoms with Crippen molar-refractivity contribution in [2.75, 3.05) is 16.0 Å². The van der Waals surface area contributed by atoms with Crippen LogP contribution >= 0.6 is 0 Å². The van der Waals surface area contributed by atoms with Crippen molar-refractivity contribution in [2.45, 2.75) is 0 Å². The molecule has 8 heteroatoms. The predicted molar refractivity (Wildman–Crippen MR) is 149 cm³/mol. The molecule has 0 radical (unpaired) electrons. The van der Waals surface area contributed by atoms with Gasteiger partial charge in [-0.2, -0.15) is 0 Å². The molecule has 0 unspecified atom stereocenters. The summed E-state index contributed by atoms with van der Waals surface area (Å²) in [6.07, 6.45) is 6.98. The Balaban J connectivity index is 1.57. The Bertz CT molecular complexity index is 1720.